The average molecular weight is 246 g/mol. The summed E-state index contributed by atoms with van der Waals surface area (Å²) in [6.45, 7) is 6.80. The maximum Gasteiger partial charge on any atom is 0.136 e. The van der Waals surface area contributed by atoms with Crippen LogP contribution in [0.3, 0.4) is 0 Å². The molecule has 1 saturated carbocycles. The Bertz CT molecular complexity index is 408. The van der Waals surface area contributed by atoms with E-state index in [1.54, 1.807) is 12.4 Å². The summed E-state index contributed by atoms with van der Waals surface area (Å²) < 4.78 is 0. The predicted molar refractivity (Wildman–Crippen MR) is 71.0 cm³/mol. The Hall–Kier alpha value is -1.25. The normalized spacial score (nSPS) is 25.2. The lowest BCUT2D eigenvalue weighted by molar-refractivity contribution is -0.126. The zero-order valence-corrected chi connectivity index (χ0v) is 11.5. The van der Waals surface area contributed by atoms with Crippen LogP contribution in [0.5, 0.6) is 0 Å². The number of aromatic nitrogens is 2. The number of ketones is 1. The maximum atomic E-state index is 12.0. The Labute approximate surface area is 109 Å². The second-order valence-electron chi connectivity index (χ2n) is 6.37. The van der Waals surface area contributed by atoms with Crippen LogP contribution in [0.25, 0.3) is 0 Å². The first kappa shape index (κ1) is 13.2. The van der Waals surface area contributed by atoms with Crippen LogP contribution in [-0.2, 0) is 11.2 Å². The van der Waals surface area contributed by atoms with E-state index in [0.29, 0.717) is 18.1 Å². The molecule has 2 unspecified atom stereocenters. The second kappa shape index (κ2) is 5.17. The summed E-state index contributed by atoms with van der Waals surface area (Å²) in [5, 5.41) is 0. The van der Waals surface area contributed by atoms with Gasteiger partial charge in [-0.2, -0.15) is 0 Å². The Kier molecular flexibility index (Phi) is 3.79. The summed E-state index contributed by atoms with van der Waals surface area (Å²) in [6.07, 6.45) is 6.94. The highest BCUT2D eigenvalue weighted by molar-refractivity contribution is 5.81. The van der Waals surface area contributed by atoms with E-state index in [-0.39, 0.29) is 11.3 Å². The highest BCUT2D eigenvalue weighted by atomic mass is 16.1. The highest BCUT2D eigenvalue weighted by Crippen LogP contribution is 2.39. The van der Waals surface area contributed by atoms with Gasteiger partial charge in [0.15, 0.2) is 0 Å². The third-order valence-electron chi connectivity index (χ3n) is 4.04. The van der Waals surface area contributed by atoms with Crippen molar-refractivity contribution in [1.29, 1.82) is 0 Å². The highest BCUT2D eigenvalue weighted by Gasteiger charge is 2.35. The fourth-order valence-corrected chi connectivity index (χ4v) is 2.75. The van der Waals surface area contributed by atoms with Gasteiger partial charge in [-0.15, -0.1) is 0 Å². The lowest BCUT2D eigenvalue weighted by Crippen LogP contribution is -2.33. The van der Waals surface area contributed by atoms with Crippen LogP contribution in [0.15, 0.2) is 18.5 Å². The Balaban J connectivity index is 2.05. The quantitative estimate of drug-likeness (QED) is 0.805. The van der Waals surface area contributed by atoms with Crippen molar-refractivity contribution in [3.8, 4) is 0 Å². The minimum absolute atomic E-state index is 0.116. The molecule has 0 aliphatic heterocycles. The summed E-state index contributed by atoms with van der Waals surface area (Å²) in [5.41, 5.74) is 0.288. The first-order chi connectivity index (χ1) is 8.47. The van der Waals surface area contributed by atoms with Gasteiger partial charge in [0, 0.05) is 31.2 Å². The Morgan fingerprint density at radius 3 is 2.56 bits per heavy atom. The van der Waals surface area contributed by atoms with Crippen LogP contribution in [0.2, 0.25) is 0 Å². The summed E-state index contributed by atoms with van der Waals surface area (Å²) in [6, 6.07) is 1.81. The van der Waals surface area contributed by atoms with Crippen molar-refractivity contribution >= 4 is 5.78 Å². The van der Waals surface area contributed by atoms with Gasteiger partial charge in [-0.3, -0.25) is 4.79 Å². The van der Waals surface area contributed by atoms with Crippen LogP contribution in [0.4, 0.5) is 0 Å². The monoisotopic (exact) mass is 246 g/mol. The number of Topliss-reactive ketones (excluding diaryl/α,β-unsaturated/α-hetero) is 1. The minimum atomic E-state index is 0.116. The lowest BCUT2D eigenvalue weighted by Gasteiger charge is -2.36. The van der Waals surface area contributed by atoms with E-state index in [0.717, 1.165) is 25.1 Å². The van der Waals surface area contributed by atoms with E-state index in [2.05, 4.69) is 30.7 Å². The minimum Gasteiger partial charge on any atom is -0.299 e. The van der Waals surface area contributed by atoms with Crippen molar-refractivity contribution in [2.24, 2.45) is 17.3 Å². The third-order valence-corrected chi connectivity index (χ3v) is 4.04. The molecule has 1 aliphatic rings. The molecule has 0 bridgehead atoms. The van der Waals surface area contributed by atoms with E-state index >= 15 is 0 Å². The summed E-state index contributed by atoms with van der Waals surface area (Å²) >= 11 is 0. The van der Waals surface area contributed by atoms with Gasteiger partial charge in [-0.1, -0.05) is 20.8 Å². The maximum absolute atomic E-state index is 12.0. The SMILES string of the molecule is CC(C)(C)C1CCC(=O)C(Cc2ncccn2)C1. The fourth-order valence-electron chi connectivity index (χ4n) is 2.75. The first-order valence-corrected chi connectivity index (χ1v) is 6.75. The molecule has 18 heavy (non-hydrogen) atoms. The third kappa shape index (κ3) is 3.15. The van der Waals surface area contributed by atoms with E-state index in [9.17, 15) is 4.79 Å². The number of carbonyl (C=O) groups excluding carboxylic acids is 1. The van der Waals surface area contributed by atoms with Crippen molar-refractivity contribution in [2.45, 2.75) is 46.5 Å². The molecule has 2 atom stereocenters. The lowest BCUT2D eigenvalue weighted by atomic mass is 9.68. The average Bonchev–Trinajstić information content (AvgIpc) is 2.32. The number of rotatable bonds is 2. The van der Waals surface area contributed by atoms with Gasteiger partial charge in [0.2, 0.25) is 0 Å². The predicted octanol–water partition coefficient (Wildman–Crippen LogP) is 3.05. The molecule has 1 aliphatic carbocycles. The molecule has 0 N–H and O–H groups in total. The topological polar surface area (TPSA) is 42.9 Å². The molecule has 0 spiro atoms. The van der Waals surface area contributed by atoms with Crippen LogP contribution in [-0.4, -0.2) is 15.8 Å². The van der Waals surface area contributed by atoms with Crippen molar-refractivity contribution in [1.82, 2.24) is 9.97 Å². The van der Waals surface area contributed by atoms with E-state index in [1.165, 1.54) is 0 Å². The Morgan fingerprint density at radius 1 is 1.28 bits per heavy atom. The summed E-state index contributed by atoms with van der Waals surface area (Å²) in [5.74, 6) is 1.93. The van der Waals surface area contributed by atoms with Crippen LogP contribution in [0.1, 0.15) is 45.9 Å². The van der Waals surface area contributed by atoms with E-state index in [4.69, 9.17) is 0 Å². The first-order valence-electron chi connectivity index (χ1n) is 6.75. The molecule has 1 fully saturated rings. The molecule has 3 heteroatoms. The van der Waals surface area contributed by atoms with Gasteiger partial charge < -0.3 is 0 Å². The zero-order valence-electron chi connectivity index (χ0n) is 11.5. The van der Waals surface area contributed by atoms with E-state index in [1.807, 2.05) is 6.07 Å². The molecule has 1 aromatic heterocycles. The largest absolute Gasteiger partial charge is 0.299 e. The molecule has 3 nitrogen and oxygen atoms in total. The molecule has 0 amide bonds. The molecule has 1 aromatic rings. The molecule has 0 radical (unpaired) electrons. The fraction of sp³-hybridized carbons (Fsp3) is 0.667. The van der Waals surface area contributed by atoms with Crippen LogP contribution < -0.4 is 0 Å². The molecular formula is C15H22N2O. The van der Waals surface area contributed by atoms with Crippen LogP contribution >= 0.6 is 0 Å². The summed E-state index contributed by atoms with van der Waals surface area (Å²) in [4.78, 5) is 20.5. The van der Waals surface area contributed by atoms with E-state index < -0.39 is 0 Å². The van der Waals surface area contributed by atoms with Gasteiger partial charge in [0.05, 0.1) is 0 Å². The van der Waals surface area contributed by atoms with Crippen molar-refractivity contribution in [2.75, 3.05) is 0 Å². The molecule has 2 rings (SSSR count). The molecule has 0 aromatic carbocycles. The van der Waals surface area contributed by atoms with Crippen molar-refractivity contribution in [3.63, 3.8) is 0 Å². The standard InChI is InChI=1S/C15H22N2O/c1-15(2,3)12-5-6-13(18)11(9-12)10-14-16-7-4-8-17-14/h4,7-8,11-12H,5-6,9-10H2,1-3H3. The molecule has 1 heterocycles. The smallest absolute Gasteiger partial charge is 0.136 e. The van der Waals surface area contributed by atoms with Crippen molar-refractivity contribution in [3.05, 3.63) is 24.3 Å². The van der Waals surface area contributed by atoms with Gasteiger partial charge in [0.25, 0.3) is 0 Å². The number of hydrogen-bond donors (Lipinski definition) is 0. The molecule has 98 valence electrons. The second-order valence-corrected chi connectivity index (χ2v) is 6.37. The van der Waals surface area contributed by atoms with Gasteiger partial charge in [-0.25, -0.2) is 9.97 Å². The van der Waals surface area contributed by atoms with Gasteiger partial charge >= 0.3 is 0 Å². The van der Waals surface area contributed by atoms with Crippen molar-refractivity contribution < 1.29 is 4.79 Å². The van der Waals surface area contributed by atoms with Gasteiger partial charge in [0.1, 0.15) is 11.6 Å². The number of nitrogens with zero attached hydrogens (tertiary/aromatic N) is 2. The molecular weight excluding hydrogens is 224 g/mol. The van der Waals surface area contributed by atoms with Gasteiger partial charge in [-0.05, 0) is 30.2 Å². The summed E-state index contributed by atoms with van der Waals surface area (Å²) in [7, 11) is 0. The van der Waals surface area contributed by atoms with Crippen LogP contribution in [0, 0.1) is 17.3 Å². The number of carbonyl (C=O) groups is 1. The zero-order chi connectivity index (χ0) is 13.2. The number of hydrogen-bond acceptors (Lipinski definition) is 3. The Morgan fingerprint density at radius 2 is 1.94 bits per heavy atom. The molecule has 0 saturated heterocycles.